The van der Waals surface area contributed by atoms with Crippen molar-refractivity contribution in [2.24, 2.45) is 5.92 Å². The Hall–Kier alpha value is -1.43. The van der Waals surface area contributed by atoms with Gasteiger partial charge in [0.15, 0.2) is 0 Å². The summed E-state index contributed by atoms with van der Waals surface area (Å²) >= 11 is 0. The summed E-state index contributed by atoms with van der Waals surface area (Å²) in [6.07, 6.45) is -0.232. The van der Waals surface area contributed by atoms with Crippen LogP contribution in [0.15, 0.2) is 30.3 Å². The maximum absolute atomic E-state index is 12.2. The Balaban J connectivity index is 1.75. The van der Waals surface area contributed by atoms with Crippen molar-refractivity contribution in [3.05, 3.63) is 35.9 Å². The van der Waals surface area contributed by atoms with Gasteiger partial charge in [0.1, 0.15) is 6.10 Å². The SMILES string of the molecule is CC(C)C(O)CCNC(=O)C1CN(Cc2ccccc2)CCO1. The zero-order valence-corrected chi connectivity index (χ0v) is 14.1. The number of rotatable bonds is 7. The van der Waals surface area contributed by atoms with E-state index < -0.39 is 6.10 Å². The van der Waals surface area contributed by atoms with Gasteiger partial charge in [0.2, 0.25) is 5.91 Å². The molecule has 2 rings (SSSR count). The molecule has 1 fully saturated rings. The number of morpholine rings is 1. The minimum absolute atomic E-state index is 0.0845. The second-order valence-electron chi connectivity index (χ2n) is 6.47. The molecular formula is C18H28N2O3. The van der Waals surface area contributed by atoms with Crippen molar-refractivity contribution < 1.29 is 14.6 Å². The molecule has 2 atom stereocenters. The molecule has 0 bridgehead atoms. The monoisotopic (exact) mass is 320 g/mol. The van der Waals surface area contributed by atoms with Gasteiger partial charge in [-0.3, -0.25) is 9.69 Å². The Bertz CT molecular complexity index is 478. The summed E-state index contributed by atoms with van der Waals surface area (Å²) in [6, 6.07) is 10.3. The van der Waals surface area contributed by atoms with Crippen LogP contribution in [0.4, 0.5) is 0 Å². The lowest BCUT2D eigenvalue weighted by atomic mass is 10.0. The average molecular weight is 320 g/mol. The van der Waals surface area contributed by atoms with Gasteiger partial charge >= 0.3 is 0 Å². The third-order valence-corrected chi connectivity index (χ3v) is 4.20. The average Bonchev–Trinajstić information content (AvgIpc) is 2.55. The van der Waals surface area contributed by atoms with Gasteiger partial charge in [-0.1, -0.05) is 44.2 Å². The van der Waals surface area contributed by atoms with Crippen LogP contribution in [-0.4, -0.2) is 54.4 Å². The van der Waals surface area contributed by atoms with Crippen LogP contribution in [0.1, 0.15) is 25.8 Å². The summed E-state index contributed by atoms with van der Waals surface area (Å²) in [5.74, 6) is 0.123. The number of nitrogens with zero attached hydrogens (tertiary/aromatic N) is 1. The largest absolute Gasteiger partial charge is 0.393 e. The summed E-state index contributed by atoms with van der Waals surface area (Å²) in [5.41, 5.74) is 1.24. The molecule has 1 aliphatic rings. The smallest absolute Gasteiger partial charge is 0.250 e. The molecule has 1 aromatic carbocycles. The van der Waals surface area contributed by atoms with E-state index in [4.69, 9.17) is 4.74 Å². The van der Waals surface area contributed by atoms with Crippen LogP contribution < -0.4 is 5.32 Å². The van der Waals surface area contributed by atoms with E-state index in [0.29, 0.717) is 26.1 Å². The molecule has 1 aliphatic heterocycles. The lowest BCUT2D eigenvalue weighted by Crippen LogP contribution is -2.49. The van der Waals surface area contributed by atoms with Crippen LogP contribution >= 0.6 is 0 Å². The van der Waals surface area contributed by atoms with E-state index in [1.54, 1.807) is 0 Å². The summed E-state index contributed by atoms with van der Waals surface area (Å²) in [4.78, 5) is 14.4. The Morgan fingerprint density at radius 2 is 2.13 bits per heavy atom. The number of benzene rings is 1. The molecule has 0 aliphatic carbocycles. The van der Waals surface area contributed by atoms with Crippen molar-refractivity contribution >= 4 is 5.91 Å². The van der Waals surface area contributed by atoms with Crippen LogP contribution in [0, 0.1) is 5.92 Å². The fourth-order valence-electron chi connectivity index (χ4n) is 2.64. The molecule has 5 heteroatoms. The number of hydrogen-bond acceptors (Lipinski definition) is 4. The number of carbonyl (C=O) groups excluding carboxylic acids is 1. The van der Waals surface area contributed by atoms with E-state index in [1.807, 2.05) is 32.0 Å². The van der Waals surface area contributed by atoms with Crippen molar-refractivity contribution in [2.75, 3.05) is 26.2 Å². The lowest BCUT2D eigenvalue weighted by Gasteiger charge is -2.32. The van der Waals surface area contributed by atoms with Gasteiger partial charge in [-0.2, -0.15) is 0 Å². The maximum atomic E-state index is 12.2. The van der Waals surface area contributed by atoms with Gasteiger partial charge in [-0.25, -0.2) is 0 Å². The van der Waals surface area contributed by atoms with E-state index in [0.717, 1.165) is 13.1 Å². The van der Waals surface area contributed by atoms with Gasteiger partial charge in [0, 0.05) is 26.2 Å². The highest BCUT2D eigenvalue weighted by molar-refractivity contribution is 5.81. The fourth-order valence-corrected chi connectivity index (χ4v) is 2.64. The van der Waals surface area contributed by atoms with E-state index in [-0.39, 0.29) is 17.9 Å². The van der Waals surface area contributed by atoms with Crippen LogP contribution in [-0.2, 0) is 16.1 Å². The van der Waals surface area contributed by atoms with Crippen molar-refractivity contribution in [1.82, 2.24) is 10.2 Å². The van der Waals surface area contributed by atoms with Gasteiger partial charge in [0.05, 0.1) is 12.7 Å². The third-order valence-electron chi connectivity index (χ3n) is 4.20. The minimum atomic E-state index is -0.427. The minimum Gasteiger partial charge on any atom is -0.393 e. The number of aliphatic hydroxyl groups excluding tert-OH is 1. The third kappa shape index (κ3) is 5.94. The van der Waals surface area contributed by atoms with Crippen LogP contribution in [0.25, 0.3) is 0 Å². The molecule has 5 nitrogen and oxygen atoms in total. The van der Waals surface area contributed by atoms with Crippen molar-refractivity contribution in [1.29, 1.82) is 0 Å². The second kappa shape index (κ2) is 9.01. The number of hydrogen-bond donors (Lipinski definition) is 2. The zero-order valence-electron chi connectivity index (χ0n) is 14.1. The molecule has 1 amide bonds. The highest BCUT2D eigenvalue weighted by Crippen LogP contribution is 2.11. The molecule has 0 aromatic heterocycles. The Morgan fingerprint density at radius 3 is 2.83 bits per heavy atom. The lowest BCUT2D eigenvalue weighted by molar-refractivity contribution is -0.138. The molecule has 23 heavy (non-hydrogen) atoms. The van der Waals surface area contributed by atoms with Crippen LogP contribution in [0.5, 0.6) is 0 Å². The summed E-state index contributed by atoms with van der Waals surface area (Å²) in [5, 5.41) is 12.6. The highest BCUT2D eigenvalue weighted by atomic mass is 16.5. The Morgan fingerprint density at radius 1 is 1.39 bits per heavy atom. The molecule has 1 saturated heterocycles. The van der Waals surface area contributed by atoms with Gasteiger partial charge < -0.3 is 15.2 Å². The number of amides is 1. The maximum Gasteiger partial charge on any atom is 0.250 e. The fraction of sp³-hybridized carbons (Fsp3) is 0.611. The van der Waals surface area contributed by atoms with Crippen molar-refractivity contribution in [2.45, 2.75) is 39.0 Å². The highest BCUT2D eigenvalue weighted by Gasteiger charge is 2.26. The quantitative estimate of drug-likeness (QED) is 0.797. The predicted molar refractivity (Wildman–Crippen MR) is 89.9 cm³/mol. The Kier molecular flexibility index (Phi) is 7.02. The Labute approximate surface area is 138 Å². The summed E-state index contributed by atoms with van der Waals surface area (Å²) in [6.45, 7) is 7.27. The van der Waals surface area contributed by atoms with Crippen molar-refractivity contribution in [3.63, 3.8) is 0 Å². The van der Waals surface area contributed by atoms with Crippen molar-refractivity contribution in [3.8, 4) is 0 Å². The van der Waals surface area contributed by atoms with Gasteiger partial charge in [-0.15, -0.1) is 0 Å². The van der Waals surface area contributed by atoms with Crippen LogP contribution in [0.2, 0.25) is 0 Å². The molecule has 2 unspecified atom stereocenters. The predicted octanol–water partition coefficient (Wildman–Crippen LogP) is 1.41. The molecule has 1 heterocycles. The topological polar surface area (TPSA) is 61.8 Å². The summed E-state index contributed by atoms with van der Waals surface area (Å²) in [7, 11) is 0. The standard InChI is InChI=1S/C18H28N2O3/c1-14(2)16(21)8-9-19-18(22)17-13-20(10-11-23-17)12-15-6-4-3-5-7-15/h3-7,14,16-17,21H,8-13H2,1-2H3,(H,19,22). The normalized spacial score (nSPS) is 20.4. The number of nitrogens with one attached hydrogen (secondary N) is 1. The first-order chi connectivity index (χ1) is 11.1. The molecule has 0 spiro atoms. The van der Waals surface area contributed by atoms with E-state index in [9.17, 15) is 9.90 Å². The van der Waals surface area contributed by atoms with Gasteiger partial charge in [-0.05, 0) is 17.9 Å². The number of ether oxygens (including phenoxy) is 1. The molecule has 0 saturated carbocycles. The molecular weight excluding hydrogens is 292 g/mol. The van der Waals surface area contributed by atoms with E-state index >= 15 is 0 Å². The first-order valence-electron chi connectivity index (χ1n) is 8.40. The number of carbonyl (C=O) groups is 1. The molecule has 128 valence electrons. The summed E-state index contributed by atoms with van der Waals surface area (Å²) < 4.78 is 5.60. The molecule has 0 radical (unpaired) electrons. The zero-order chi connectivity index (χ0) is 16.7. The van der Waals surface area contributed by atoms with E-state index in [1.165, 1.54) is 5.56 Å². The van der Waals surface area contributed by atoms with Crippen LogP contribution in [0.3, 0.4) is 0 Å². The molecule has 2 N–H and O–H groups in total. The van der Waals surface area contributed by atoms with Gasteiger partial charge in [0.25, 0.3) is 0 Å². The molecule has 1 aromatic rings. The first kappa shape index (κ1) is 17.9. The second-order valence-corrected chi connectivity index (χ2v) is 6.47. The first-order valence-corrected chi connectivity index (χ1v) is 8.40. The number of aliphatic hydroxyl groups is 1. The van der Waals surface area contributed by atoms with E-state index in [2.05, 4.69) is 22.3 Å².